The Morgan fingerprint density at radius 2 is 1.74 bits per heavy atom. The molecule has 1 amide bonds. The number of hydrogen-bond acceptors (Lipinski definition) is 3. The standard InChI is InChI=1S/C23H28Cl2N2O3S/c1-15-7-8-19(16(2)13-15)17(3)26-23(28)18-9-11-27(12-10-18)31(29,30)14-20-21(24)5-4-6-22(20)25/h4-8,13,17-18H,9-12,14H2,1-3H3,(H,26,28)/t17-/m0/s1. The van der Waals surface area contributed by atoms with E-state index >= 15 is 0 Å². The highest BCUT2D eigenvalue weighted by Gasteiger charge is 2.32. The number of piperidine rings is 1. The highest BCUT2D eigenvalue weighted by atomic mass is 35.5. The molecular formula is C23H28Cl2N2O3S. The Balaban J connectivity index is 1.59. The lowest BCUT2D eigenvalue weighted by Gasteiger charge is -2.31. The van der Waals surface area contributed by atoms with E-state index in [2.05, 4.69) is 11.4 Å². The van der Waals surface area contributed by atoms with Gasteiger partial charge in [-0.1, -0.05) is 53.0 Å². The maximum atomic E-state index is 12.9. The molecule has 0 spiro atoms. The summed E-state index contributed by atoms with van der Waals surface area (Å²) in [5, 5.41) is 3.77. The van der Waals surface area contributed by atoms with Crippen molar-refractivity contribution in [3.8, 4) is 0 Å². The number of nitrogens with one attached hydrogen (secondary N) is 1. The molecular weight excluding hydrogens is 455 g/mol. The van der Waals surface area contributed by atoms with Gasteiger partial charge in [0.05, 0.1) is 11.8 Å². The van der Waals surface area contributed by atoms with E-state index in [1.165, 1.54) is 9.87 Å². The van der Waals surface area contributed by atoms with Crippen molar-refractivity contribution in [2.45, 2.75) is 45.4 Å². The molecule has 8 heteroatoms. The van der Waals surface area contributed by atoms with E-state index in [1.54, 1.807) is 18.2 Å². The van der Waals surface area contributed by atoms with Gasteiger partial charge in [-0.3, -0.25) is 4.79 Å². The van der Waals surface area contributed by atoms with Gasteiger partial charge in [-0.2, -0.15) is 0 Å². The molecule has 0 unspecified atom stereocenters. The normalized spacial score (nSPS) is 16.8. The zero-order chi connectivity index (χ0) is 22.8. The highest BCUT2D eigenvalue weighted by Crippen LogP contribution is 2.29. The molecule has 5 nitrogen and oxygen atoms in total. The summed E-state index contributed by atoms with van der Waals surface area (Å²) >= 11 is 12.3. The monoisotopic (exact) mass is 482 g/mol. The third-order valence-corrected chi connectivity index (χ3v) is 8.37. The summed E-state index contributed by atoms with van der Waals surface area (Å²) < 4.78 is 27.2. The van der Waals surface area contributed by atoms with Crippen LogP contribution in [0.15, 0.2) is 36.4 Å². The number of sulfonamides is 1. The zero-order valence-corrected chi connectivity index (χ0v) is 20.3. The molecule has 1 atom stereocenters. The van der Waals surface area contributed by atoms with Crippen LogP contribution in [0.4, 0.5) is 0 Å². The number of hydrogen-bond donors (Lipinski definition) is 1. The maximum Gasteiger partial charge on any atom is 0.223 e. The molecule has 1 heterocycles. The van der Waals surface area contributed by atoms with Crippen LogP contribution in [0, 0.1) is 19.8 Å². The molecule has 1 saturated heterocycles. The van der Waals surface area contributed by atoms with E-state index in [-0.39, 0.29) is 23.6 Å². The molecule has 0 bridgehead atoms. The zero-order valence-electron chi connectivity index (χ0n) is 18.0. The molecule has 3 rings (SSSR count). The van der Waals surface area contributed by atoms with Gasteiger partial charge in [-0.15, -0.1) is 0 Å². The fraction of sp³-hybridized carbons (Fsp3) is 0.435. The van der Waals surface area contributed by atoms with Crippen LogP contribution in [0.2, 0.25) is 10.0 Å². The van der Waals surface area contributed by atoms with Gasteiger partial charge < -0.3 is 5.32 Å². The average molecular weight is 483 g/mol. The van der Waals surface area contributed by atoms with Crippen molar-refractivity contribution in [1.29, 1.82) is 0 Å². The van der Waals surface area contributed by atoms with Crippen molar-refractivity contribution in [3.63, 3.8) is 0 Å². The van der Waals surface area contributed by atoms with Gasteiger partial charge in [0.1, 0.15) is 0 Å². The minimum Gasteiger partial charge on any atom is -0.349 e. The lowest BCUT2D eigenvalue weighted by Crippen LogP contribution is -2.43. The van der Waals surface area contributed by atoms with Crippen LogP contribution in [-0.4, -0.2) is 31.7 Å². The molecule has 1 aliphatic heterocycles. The van der Waals surface area contributed by atoms with Gasteiger partial charge in [0, 0.05) is 34.6 Å². The summed E-state index contributed by atoms with van der Waals surface area (Å²) in [6.07, 6.45) is 0.974. The summed E-state index contributed by atoms with van der Waals surface area (Å²) in [7, 11) is -3.57. The molecule has 2 aromatic carbocycles. The molecule has 0 saturated carbocycles. The predicted molar refractivity (Wildman–Crippen MR) is 126 cm³/mol. The fourth-order valence-electron chi connectivity index (χ4n) is 4.06. The fourth-order valence-corrected chi connectivity index (χ4v) is 6.38. The van der Waals surface area contributed by atoms with Crippen LogP contribution in [0.5, 0.6) is 0 Å². The van der Waals surface area contributed by atoms with Crippen LogP contribution in [-0.2, 0) is 20.6 Å². The second-order valence-corrected chi connectivity index (χ2v) is 11.0. The first-order valence-electron chi connectivity index (χ1n) is 10.4. The van der Waals surface area contributed by atoms with Gasteiger partial charge in [-0.05, 0) is 56.9 Å². The van der Waals surface area contributed by atoms with Crippen LogP contribution in [0.3, 0.4) is 0 Å². The third kappa shape index (κ3) is 5.80. The van der Waals surface area contributed by atoms with Crippen molar-refractivity contribution in [3.05, 3.63) is 68.7 Å². The van der Waals surface area contributed by atoms with Crippen molar-refractivity contribution >= 4 is 39.1 Å². The number of nitrogens with zero attached hydrogens (tertiary/aromatic N) is 1. The lowest BCUT2D eigenvalue weighted by molar-refractivity contribution is -0.126. The summed E-state index contributed by atoms with van der Waals surface area (Å²) in [4.78, 5) is 12.8. The van der Waals surface area contributed by atoms with Crippen molar-refractivity contribution < 1.29 is 13.2 Å². The highest BCUT2D eigenvalue weighted by molar-refractivity contribution is 7.88. The summed E-state index contributed by atoms with van der Waals surface area (Å²) in [5.41, 5.74) is 3.84. The molecule has 2 aromatic rings. The van der Waals surface area contributed by atoms with E-state index in [1.807, 2.05) is 32.9 Å². The van der Waals surface area contributed by atoms with Gasteiger partial charge in [0.25, 0.3) is 0 Å². The van der Waals surface area contributed by atoms with Crippen molar-refractivity contribution in [2.75, 3.05) is 13.1 Å². The first-order chi connectivity index (χ1) is 14.6. The Morgan fingerprint density at radius 3 is 2.32 bits per heavy atom. The lowest BCUT2D eigenvalue weighted by atomic mass is 9.95. The summed E-state index contributed by atoms with van der Waals surface area (Å²) in [6, 6.07) is 11.0. The molecule has 168 valence electrons. The van der Waals surface area contributed by atoms with Crippen LogP contribution in [0.1, 0.15) is 48.1 Å². The molecule has 1 N–H and O–H groups in total. The Labute approximate surface area is 194 Å². The maximum absolute atomic E-state index is 12.9. The quantitative estimate of drug-likeness (QED) is 0.627. The van der Waals surface area contributed by atoms with Crippen molar-refractivity contribution in [2.24, 2.45) is 5.92 Å². The summed E-state index contributed by atoms with van der Waals surface area (Å²) in [6.45, 7) is 6.67. The predicted octanol–water partition coefficient (Wildman–Crippen LogP) is 5.03. The van der Waals surface area contributed by atoms with E-state index < -0.39 is 10.0 Å². The van der Waals surface area contributed by atoms with Crippen LogP contribution >= 0.6 is 23.2 Å². The smallest absolute Gasteiger partial charge is 0.223 e. The first-order valence-corrected chi connectivity index (χ1v) is 12.7. The van der Waals surface area contributed by atoms with Crippen LogP contribution in [0.25, 0.3) is 0 Å². The second-order valence-electron chi connectivity index (χ2n) is 8.22. The number of amides is 1. The van der Waals surface area contributed by atoms with E-state index in [0.717, 1.165) is 11.1 Å². The first kappa shape index (κ1) is 24.1. The third-order valence-electron chi connectivity index (χ3n) is 5.86. The average Bonchev–Trinajstić information content (AvgIpc) is 2.71. The van der Waals surface area contributed by atoms with Gasteiger partial charge in [-0.25, -0.2) is 12.7 Å². The van der Waals surface area contributed by atoms with Gasteiger partial charge in [0.15, 0.2) is 0 Å². The number of aryl methyl sites for hydroxylation is 2. The Hall–Kier alpha value is -1.60. The van der Waals surface area contributed by atoms with Crippen molar-refractivity contribution in [1.82, 2.24) is 9.62 Å². The minimum atomic E-state index is -3.57. The topological polar surface area (TPSA) is 66.5 Å². The molecule has 0 aliphatic carbocycles. The minimum absolute atomic E-state index is 0.0290. The van der Waals surface area contributed by atoms with E-state index in [4.69, 9.17) is 23.2 Å². The Bertz CT molecular complexity index is 1040. The largest absolute Gasteiger partial charge is 0.349 e. The molecule has 1 aliphatic rings. The molecule has 31 heavy (non-hydrogen) atoms. The number of carbonyl (C=O) groups excluding carboxylic acids is 1. The molecule has 0 aromatic heterocycles. The van der Waals surface area contributed by atoms with Crippen LogP contribution < -0.4 is 5.32 Å². The number of halogens is 2. The van der Waals surface area contributed by atoms with Gasteiger partial charge >= 0.3 is 0 Å². The number of rotatable bonds is 6. The van der Waals surface area contributed by atoms with Gasteiger partial charge in [0.2, 0.25) is 15.9 Å². The Kier molecular flexibility index (Phi) is 7.68. The number of benzene rings is 2. The number of carbonyl (C=O) groups is 1. The summed E-state index contributed by atoms with van der Waals surface area (Å²) in [5.74, 6) is -0.478. The van der Waals surface area contributed by atoms with E-state index in [9.17, 15) is 13.2 Å². The second kappa shape index (κ2) is 9.90. The van der Waals surface area contributed by atoms with E-state index in [0.29, 0.717) is 41.5 Å². The molecule has 1 fully saturated rings. The SMILES string of the molecule is Cc1ccc([C@H](C)NC(=O)C2CCN(S(=O)(=O)Cc3c(Cl)cccc3Cl)CC2)c(C)c1. The Morgan fingerprint density at radius 1 is 1.13 bits per heavy atom. The molecule has 0 radical (unpaired) electrons.